The molecule has 2 N–H and O–H groups in total. The van der Waals surface area contributed by atoms with Crippen LogP contribution >= 0.6 is 0 Å². The van der Waals surface area contributed by atoms with Gasteiger partial charge in [0.05, 0.1) is 12.1 Å². The molecule has 0 spiro atoms. The number of aromatic nitrogens is 1. The topological polar surface area (TPSA) is 55.8 Å². The minimum absolute atomic E-state index is 0.217. The Bertz CT molecular complexity index is 1040. The molecule has 2 aromatic carbocycles. The third kappa shape index (κ3) is 2.96. The molecule has 5 heteroatoms. The van der Waals surface area contributed by atoms with E-state index in [1.165, 1.54) is 10.5 Å². The van der Waals surface area contributed by atoms with E-state index >= 15 is 0 Å². The van der Waals surface area contributed by atoms with Crippen LogP contribution in [0, 0.1) is 6.92 Å². The summed E-state index contributed by atoms with van der Waals surface area (Å²) in [4.78, 5) is 17.9. The largest absolute Gasteiger partial charge is 0.486 e. The van der Waals surface area contributed by atoms with Gasteiger partial charge in [0.15, 0.2) is 11.5 Å². The number of carbonyl (C=O) groups excluding carboxylic acids is 1. The average molecular weight is 377 g/mol. The van der Waals surface area contributed by atoms with Crippen molar-refractivity contribution in [3.63, 3.8) is 0 Å². The lowest BCUT2D eigenvalue weighted by Crippen LogP contribution is -3.11. The number of ether oxygens (including phenoxy) is 2. The van der Waals surface area contributed by atoms with Gasteiger partial charge in [-0.3, -0.25) is 4.79 Å². The van der Waals surface area contributed by atoms with E-state index in [9.17, 15) is 4.79 Å². The molecule has 1 aromatic heterocycles. The van der Waals surface area contributed by atoms with Crippen LogP contribution in [0.25, 0.3) is 10.9 Å². The van der Waals surface area contributed by atoms with Crippen molar-refractivity contribution in [2.45, 2.75) is 25.8 Å². The first-order chi connectivity index (χ1) is 13.7. The monoisotopic (exact) mass is 377 g/mol. The van der Waals surface area contributed by atoms with Crippen molar-refractivity contribution >= 4 is 16.7 Å². The SMILES string of the molecule is Cc1[nH]c2ccccc2c1C(=O)C[NH+]1CCC[C@@H]1c1ccc2c(c1)OCCO2. The summed E-state index contributed by atoms with van der Waals surface area (Å²) in [5.74, 6) is 1.86. The van der Waals surface area contributed by atoms with E-state index in [0.717, 1.165) is 53.0 Å². The van der Waals surface area contributed by atoms with Crippen molar-refractivity contribution in [1.29, 1.82) is 0 Å². The van der Waals surface area contributed by atoms with Crippen LogP contribution in [0.2, 0.25) is 0 Å². The van der Waals surface area contributed by atoms with E-state index in [1.54, 1.807) is 0 Å². The number of ketones is 1. The fraction of sp³-hybridized carbons (Fsp3) is 0.348. The van der Waals surface area contributed by atoms with Gasteiger partial charge >= 0.3 is 0 Å². The minimum atomic E-state index is 0.217. The Labute approximate surface area is 164 Å². The van der Waals surface area contributed by atoms with Gasteiger partial charge in [-0.25, -0.2) is 0 Å². The van der Waals surface area contributed by atoms with Gasteiger partial charge in [-0.05, 0) is 31.2 Å². The second kappa shape index (κ2) is 6.99. The lowest BCUT2D eigenvalue weighted by molar-refractivity contribution is -0.910. The second-order valence-electron chi connectivity index (χ2n) is 7.78. The quantitative estimate of drug-likeness (QED) is 0.688. The number of quaternary nitrogens is 1. The lowest BCUT2D eigenvalue weighted by atomic mass is 10.0. The zero-order valence-electron chi connectivity index (χ0n) is 16.1. The zero-order valence-corrected chi connectivity index (χ0v) is 16.1. The summed E-state index contributed by atoms with van der Waals surface area (Å²) in [5, 5.41) is 1.03. The summed E-state index contributed by atoms with van der Waals surface area (Å²) in [7, 11) is 0. The first kappa shape index (κ1) is 17.3. The molecule has 0 aliphatic carbocycles. The van der Waals surface area contributed by atoms with E-state index < -0.39 is 0 Å². The van der Waals surface area contributed by atoms with Crippen LogP contribution in [-0.2, 0) is 0 Å². The molecule has 1 fully saturated rings. The molecular formula is C23H25N2O3+. The van der Waals surface area contributed by atoms with Crippen LogP contribution in [-0.4, -0.2) is 37.1 Å². The standard InChI is InChI=1S/C23H24N2O3/c1-15-23(17-5-2-3-6-18(17)24-15)20(26)14-25-10-4-7-19(25)16-8-9-21-22(13-16)28-12-11-27-21/h2-3,5-6,8-9,13,19,24H,4,7,10-12,14H2,1H3/p+1/t19-/m1/s1. The first-order valence-electron chi connectivity index (χ1n) is 10.1. The van der Waals surface area contributed by atoms with Crippen molar-refractivity contribution in [1.82, 2.24) is 4.98 Å². The molecule has 0 saturated carbocycles. The summed E-state index contributed by atoms with van der Waals surface area (Å²) < 4.78 is 11.4. The lowest BCUT2D eigenvalue weighted by Gasteiger charge is -2.24. The molecule has 2 aliphatic heterocycles. The molecule has 3 aromatic rings. The Morgan fingerprint density at radius 3 is 2.86 bits per heavy atom. The Balaban J connectivity index is 1.40. The number of H-pyrrole nitrogens is 1. The third-order valence-corrected chi connectivity index (χ3v) is 6.01. The predicted octanol–water partition coefficient (Wildman–Crippen LogP) is 2.85. The van der Waals surface area contributed by atoms with Gasteiger partial charge in [0.1, 0.15) is 25.8 Å². The van der Waals surface area contributed by atoms with Gasteiger partial charge in [-0.2, -0.15) is 0 Å². The minimum Gasteiger partial charge on any atom is -0.486 e. The Kier molecular flexibility index (Phi) is 4.32. The molecule has 1 saturated heterocycles. The highest BCUT2D eigenvalue weighted by atomic mass is 16.6. The molecule has 28 heavy (non-hydrogen) atoms. The van der Waals surface area contributed by atoms with Crippen LogP contribution in [0.5, 0.6) is 11.5 Å². The molecule has 1 unspecified atom stereocenters. The van der Waals surface area contributed by atoms with Gasteiger partial charge in [-0.1, -0.05) is 18.2 Å². The predicted molar refractivity (Wildman–Crippen MR) is 107 cm³/mol. The Morgan fingerprint density at radius 2 is 1.96 bits per heavy atom. The molecule has 5 rings (SSSR count). The number of hydrogen-bond acceptors (Lipinski definition) is 3. The van der Waals surface area contributed by atoms with Gasteiger partial charge in [0.2, 0.25) is 5.78 Å². The van der Waals surface area contributed by atoms with Crippen molar-refractivity contribution in [3.8, 4) is 11.5 Å². The fourth-order valence-electron chi connectivity index (χ4n) is 4.73. The zero-order chi connectivity index (χ0) is 19.1. The highest BCUT2D eigenvalue weighted by Crippen LogP contribution is 2.33. The van der Waals surface area contributed by atoms with Crippen LogP contribution in [0.1, 0.15) is 40.5 Å². The molecule has 3 heterocycles. The second-order valence-corrected chi connectivity index (χ2v) is 7.78. The summed E-state index contributed by atoms with van der Waals surface area (Å²) in [6.07, 6.45) is 2.23. The van der Waals surface area contributed by atoms with Gasteiger partial charge in [-0.15, -0.1) is 0 Å². The summed E-state index contributed by atoms with van der Waals surface area (Å²) in [6.45, 7) is 4.72. The average Bonchev–Trinajstić information content (AvgIpc) is 3.30. The smallest absolute Gasteiger partial charge is 0.219 e. The maximum Gasteiger partial charge on any atom is 0.219 e. The number of benzene rings is 2. The highest BCUT2D eigenvalue weighted by Gasteiger charge is 2.33. The van der Waals surface area contributed by atoms with E-state index in [4.69, 9.17) is 9.47 Å². The van der Waals surface area contributed by atoms with Crippen molar-refractivity contribution < 1.29 is 19.2 Å². The number of Topliss-reactive ketones (excluding diaryl/α,β-unsaturated/α-hetero) is 1. The van der Waals surface area contributed by atoms with Crippen LogP contribution < -0.4 is 14.4 Å². The maximum absolute atomic E-state index is 13.2. The van der Waals surface area contributed by atoms with E-state index in [1.807, 2.05) is 37.3 Å². The van der Waals surface area contributed by atoms with E-state index in [0.29, 0.717) is 25.8 Å². The number of fused-ring (bicyclic) bond motifs is 2. The van der Waals surface area contributed by atoms with Crippen LogP contribution in [0.4, 0.5) is 0 Å². The number of nitrogens with one attached hydrogen (secondary N) is 2. The molecule has 0 bridgehead atoms. The summed E-state index contributed by atoms with van der Waals surface area (Å²) in [6, 6.07) is 14.6. The molecule has 0 amide bonds. The molecule has 144 valence electrons. The number of aromatic amines is 1. The number of hydrogen-bond donors (Lipinski definition) is 2. The highest BCUT2D eigenvalue weighted by molar-refractivity contribution is 6.09. The fourth-order valence-corrected chi connectivity index (χ4v) is 4.73. The van der Waals surface area contributed by atoms with Crippen LogP contribution in [0.3, 0.4) is 0 Å². The number of rotatable bonds is 4. The number of likely N-dealkylation sites (tertiary alicyclic amines) is 1. The molecular weight excluding hydrogens is 352 g/mol. The van der Waals surface area contributed by atoms with Gasteiger partial charge in [0, 0.05) is 35.0 Å². The van der Waals surface area contributed by atoms with Gasteiger partial charge < -0.3 is 19.4 Å². The van der Waals surface area contributed by atoms with Crippen molar-refractivity contribution in [2.75, 3.05) is 26.3 Å². The first-order valence-corrected chi connectivity index (χ1v) is 10.1. The van der Waals surface area contributed by atoms with Crippen molar-refractivity contribution in [3.05, 3.63) is 59.3 Å². The third-order valence-electron chi connectivity index (χ3n) is 6.01. The molecule has 2 atom stereocenters. The van der Waals surface area contributed by atoms with Gasteiger partial charge in [0.25, 0.3) is 0 Å². The molecule has 5 nitrogen and oxygen atoms in total. The normalized spacial score (nSPS) is 21.2. The Hall–Kier alpha value is -2.79. The number of aryl methyl sites for hydroxylation is 1. The maximum atomic E-state index is 13.2. The van der Waals surface area contributed by atoms with Crippen LogP contribution in [0.15, 0.2) is 42.5 Å². The van der Waals surface area contributed by atoms with E-state index in [-0.39, 0.29) is 5.78 Å². The summed E-state index contributed by atoms with van der Waals surface area (Å²) in [5.41, 5.74) is 4.07. The number of para-hydroxylation sites is 1. The van der Waals surface area contributed by atoms with Crippen molar-refractivity contribution in [2.24, 2.45) is 0 Å². The Morgan fingerprint density at radius 1 is 1.14 bits per heavy atom. The molecule has 2 aliphatic rings. The number of carbonyl (C=O) groups is 1. The van der Waals surface area contributed by atoms with E-state index in [2.05, 4.69) is 17.1 Å². The summed E-state index contributed by atoms with van der Waals surface area (Å²) >= 11 is 0. The molecule has 0 radical (unpaired) electrons.